The first-order chi connectivity index (χ1) is 7.93. The van der Waals surface area contributed by atoms with Gasteiger partial charge in [-0.2, -0.15) is 0 Å². The van der Waals surface area contributed by atoms with Gasteiger partial charge in [-0.3, -0.25) is 4.90 Å². The predicted molar refractivity (Wildman–Crippen MR) is 61.3 cm³/mol. The Labute approximate surface area is 96.0 Å². The summed E-state index contributed by atoms with van der Waals surface area (Å²) >= 11 is 0. The number of rotatable bonds is 3. The molecule has 2 atom stereocenters. The van der Waals surface area contributed by atoms with Crippen molar-refractivity contribution in [1.82, 2.24) is 4.90 Å². The summed E-state index contributed by atoms with van der Waals surface area (Å²) in [5.74, 6) is 0. The smallest absolute Gasteiger partial charge is 0.110 e. The first-order valence-corrected chi connectivity index (χ1v) is 5.94. The van der Waals surface area contributed by atoms with Crippen LogP contribution in [0.4, 0.5) is 0 Å². The van der Waals surface area contributed by atoms with Crippen LogP contribution in [0.2, 0.25) is 0 Å². The molecule has 2 saturated heterocycles. The molecular weight excluding hydrogens is 202 g/mol. The number of morpholine rings is 1. The van der Waals surface area contributed by atoms with Gasteiger partial charge in [0.05, 0.1) is 13.2 Å². The lowest BCUT2D eigenvalue weighted by Gasteiger charge is -2.25. The number of hydrogen-bond donors (Lipinski definition) is 0. The highest BCUT2D eigenvalue weighted by Gasteiger charge is 2.41. The highest BCUT2D eigenvalue weighted by Crippen LogP contribution is 2.38. The second kappa shape index (κ2) is 4.53. The molecule has 2 heterocycles. The van der Waals surface area contributed by atoms with Crippen LogP contribution in [0.25, 0.3) is 0 Å². The Bertz CT molecular complexity index is 335. The minimum absolute atomic E-state index is 0.323. The maximum atomic E-state index is 5.72. The average molecular weight is 219 g/mol. The zero-order chi connectivity index (χ0) is 10.8. The van der Waals surface area contributed by atoms with Gasteiger partial charge in [0.2, 0.25) is 0 Å². The lowest BCUT2D eigenvalue weighted by molar-refractivity contribution is 0.0349. The summed E-state index contributed by atoms with van der Waals surface area (Å²) in [7, 11) is 0. The summed E-state index contributed by atoms with van der Waals surface area (Å²) in [5, 5.41) is 0. The first-order valence-electron chi connectivity index (χ1n) is 5.94. The van der Waals surface area contributed by atoms with E-state index in [0.29, 0.717) is 12.2 Å². The van der Waals surface area contributed by atoms with Crippen molar-refractivity contribution in [1.29, 1.82) is 0 Å². The summed E-state index contributed by atoms with van der Waals surface area (Å²) in [6, 6.07) is 10.5. The van der Waals surface area contributed by atoms with Gasteiger partial charge in [-0.25, -0.2) is 0 Å². The Balaban J connectivity index is 1.52. The minimum atomic E-state index is 0.323. The van der Waals surface area contributed by atoms with Crippen LogP contribution >= 0.6 is 0 Å². The van der Waals surface area contributed by atoms with Crippen LogP contribution in [0.3, 0.4) is 0 Å². The molecule has 2 fully saturated rings. The van der Waals surface area contributed by atoms with Crippen molar-refractivity contribution in [2.24, 2.45) is 0 Å². The zero-order valence-corrected chi connectivity index (χ0v) is 9.34. The molecule has 16 heavy (non-hydrogen) atoms. The Morgan fingerprint density at radius 1 is 1.12 bits per heavy atom. The summed E-state index contributed by atoms with van der Waals surface area (Å²) in [5.41, 5.74) is 1.31. The molecule has 1 aromatic rings. The van der Waals surface area contributed by atoms with Crippen molar-refractivity contribution < 1.29 is 9.47 Å². The number of ether oxygens (including phenoxy) is 2. The molecule has 0 aliphatic carbocycles. The van der Waals surface area contributed by atoms with Gasteiger partial charge >= 0.3 is 0 Å². The molecule has 2 aliphatic heterocycles. The van der Waals surface area contributed by atoms with Gasteiger partial charge in [-0.15, -0.1) is 0 Å². The zero-order valence-electron chi connectivity index (χ0n) is 9.34. The standard InChI is InChI=1S/C13H17NO2/c1-2-4-11(5-3-1)13-12(16-13)10-14-6-8-15-9-7-14/h1-5,12-13H,6-10H2/t12-,13-/m0/s1. The van der Waals surface area contributed by atoms with Crippen LogP contribution in [0, 0.1) is 0 Å². The van der Waals surface area contributed by atoms with E-state index in [0.717, 1.165) is 32.8 Å². The molecule has 86 valence electrons. The summed E-state index contributed by atoms with van der Waals surface area (Å²) in [6.07, 6.45) is 0.713. The number of nitrogens with zero attached hydrogens (tertiary/aromatic N) is 1. The molecule has 3 heteroatoms. The second-order valence-electron chi connectivity index (χ2n) is 4.42. The average Bonchev–Trinajstić information content (AvgIpc) is 3.11. The van der Waals surface area contributed by atoms with Crippen LogP contribution in [0.1, 0.15) is 11.7 Å². The lowest BCUT2D eigenvalue weighted by atomic mass is 10.1. The van der Waals surface area contributed by atoms with E-state index in [1.165, 1.54) is 5.56 Å². The maximum absolute atomic E-state index is 5.72. The third kappa shape index (κ3) is 2.26. The van der Waals surface area contributed by atoms with E-state index in [-0.39, 0.29) is 0 Å². The second-order valence-corrected chi connectivity index (χ2v) is 4.42. The Hall–Kier alpha value is -0.900. The number of hydrogen-bond acceptors (Lipinski definition) is 3. The molecule has 0 bridgehead atoms. The van der Waals surface area contributed by atoms with Gasteiger partial charge in [0.1, 0.15) is 12.2 Å². The third-order valence-corrected chi connectivity index (χ3v) is 3.25. The highest BCUT2D eigenvalue weighted by atomic mass is 16.6. The van der Waals surface area contributed by atoms with Gasteiger partial charge < -0.3 is 9.47 Å². The van der Waals surface area contributed by atoms with Crippen molar-refractivity contribution in [2.45, 2.75) is 12.2 Å². The highest BCUT2D eigenvalue weighted by molar-refractivity contribution is 5.22. The molecule has 0 saturated carbocycles. The maximum Gasteiger partial charge on any atom is 0.110 e. The van der Waals surface area contributed by atoms with Crippen molar-refractivity contribution in [3.8, 4) is 0 Å². The van der Waals surface area contributed by atoms with Crippen molar-refractivity contribution in [3.63, 3.8) is 0 Å². The normalized spacial score (nSPS) is 30.2. The van der Waals surface area contributed by atoms with Crippen LogP contribution < -0.4 is 0 Å². The molecule has 3 nitrogen and oxygen atoms in total. The molecule has 0 aromatic heterocycles. The van der Waals surface area contributed by atoms with Gasteiger partial charge in [0.15, 0.2) is 0 Å². The van der Waals surface area contributed by atoms with Gasteiger partial charge in [0.25, 0.3) is 0 Å². The third-order valence-electron chi connectivity index (χ3n) is 3.25. The summed E-state index contributed by atoms with van der Waals surface area (Å²) in [4.78, 5) is 2.43. The Kier molecular flexibility index (Phi) is 2.91. The van der Waals surface area contributed by atoms with Gasteiger partial charge in [-0.1, -0.05) is 30.3 Å². The molecular formula is C13H17NO2. The molecule has 2 aliphatic rings. The molecule has 0 spiro atoms. The predicted octanol–water partition coefficient (Wildman–Crippen LogP) is 1.46. The molecule has 0 amide bonds. The van der Waals surface area contributed by atoms with Crippen LogP contribution in [0.5, 0.6) is 0 Å². The SMILES string of the molecule is c1ccc([C@@H]2O[C@H]2CN2CCOCC2)cc1. The summed E-state index contributed by atoms with van der Waals surface area (Å²) < 4.78 is 11.1. The van der Waals surface area contributed by atoms with Crippen molar-refractivity contribution in [3.05, 3.63) is 35.9 Å². The first kappa shape index (κ1) is 10.3. The van der Waals surface area contributed by atoms with Crippen molar-refractivity contribution >= 4 is 0 Å². The molecule has 1 aromatic carbocycles. The topological polar surface area (TPSA) is 25.0 Å². The summed E-state index contributed by atoms with van der Waals surface area (Å²) in [6.45, 7) is 4.86. The van der Waals surface area contributed by atoms with E-state index in [4.69, 9.17) is 9.47 Å². The Morgan fingerprint density at radius 3 is 2.62 bits per heavy atom. The van der Waals surface area contributed by atoms with E-state index < -0.39 is 0 Å². The fourth-order valence-corrected chi connectivity index (χ4v) is 2.26. The van der Waals surface area contributed by atoms with Crippen LogP contribution in [-0.4, -0.2) is 43.9 Å². The van der Waals surface area contributed by atoms with Gasteiger partial charge in [-0.05, 0) is 5.56 Å². The van der Waals surface area contributed by atoms with E-state index >= 15 is 0 Å². The molecule has 0 unspecified atom stereocenters. The lowest BCUT2D eigenvalue weighted by Crippen LogP contribution is -2.38. The number of epoxide rings is 1. The van der Waals surface area contributed by atoms with E-state index in [9.17, 15) is 0 Å². The Morgan fingerprint density at radius 2 is 1.88 bits per heavy atom. The van der Waals surface area contributed by atoms with Crippen LogP contribution in [0.15, 0.2) is 30.3 Å². The fraction of sp³-hybridized carbons (Fsp3) is 0.538. The largest absolute Gasteiger partial charge is 0.379 e. The monoisotopic (exact) mass is 219 g/mol. The molecule has 0 radical (unpaired) electrons. The molecule has 0 N–H and O–H groups in total. The van der Waals surface area contributed by atoms with Crippen LogP contribution in [-0.2, 0) is 9.47 Å². The van der Waals surface area contributed by atoms with Crippen molar-refractivity contribution in [2.75, 3.05) is 32.8 Å². The van der Waals surface area contributed by atoms with E-state index in [1.54, 1.807) is 0 Å². The minimum Gasteiger partial charge on any atom is -0.379 e. The quantitative estimate of drug-likeness (QED) is 0.719. The van der Waals surface area contributed by atoms with E-state index in [1.807, 2.05) is 6.07 Å². The number of benzene rings is 1. The fourth-order valence-electron chi connectivity index (χ4n) is 2.26. The van der Waals surface area contributed by atoms with Gasteiger partial charge in [0, 0.05) is 19.6 Å². The van der Waals surface area contributed by atoms with E-state index in [2.05, 4.69) is 29.2 Å². The molecule has 3 rings (SSSR count).